The summed E-state index contributed by atoms with van der Waals surface area (Å²) in [6, 6.07) is 8.91. The fraction of sp³-hybridized carbons (Fsp3) is 0.423. The average molecular weight is 554 g/mol. The number of anilines is 1. The second kappa shape index (κ2) is 12.1. The number of H-pyrrole nitrogens is 1. The van der Waals surface area contributed by atoms with E-state index in [0.29, 0.717) is 11.6 Å². The van der Waals surface area contributed by atoms with Crippen LogP contribution in [0.2, 0.25) is 0 Å². The van der Waals surface area contributed by atoms with Gasteiger partial charge in [-0.3, -0.25) is 9.52 Å². The lowest BCUT2D eigenvalue weighted by atomic mass is 9.79. The van der Waals surface area contributed by atoms with Gasteiger partial charge in [-0.05, 0) is 82.4 Å². The number of nitrogens with zero attached hydrogens (tertiary/aromatic N) is 3. The van der Waals surface area contributed by atoms with Crippen LogP contribution in [0.4, 0.5) is 19.0 Å². The summed E-state index contributed by atoms with van der Waals surface area (Å²) in [6.45, 7) is 3.12. The topological polar surface area (TPSA) is 108 Å². The van der Waals surface area contributed by atoms with Gasteiger partial charge in [-0.2, -0.15) is 13.2 Å². The van der Waals surface area contributed by atoms with Gasteiger partial charge in [0, 0.05) is 25.4 Å². The molecule has 0 amide bonds. The summed E-state index contributed by atoms with van der Waals surface area (Å²) in [5.41, 5.74) is 0.718. The highest BCUT2D eigenvalue weighted by molar-refractivity contribution is 7.92. The van der Waals surface area contributed by atoms with Crippen LogP contribution in [0.15, 0.2) is 58.6 Å². The standard InChI is InChI=1S/C16H22F3N.C10H10N4O3S.H2/c1-11-14(8-5-9-15(11)16(17,18)19)12-6-4-7-13(10-12)20(2)3;1-7-8(2-3-10(15)13-7)18(16,17)14-9-4-5-11-6-12-9;/h5,8-9,12-13H,4,6-7,10H2,1-3H3;2-6H,1H3,(H,13,15)(H,11,12,14);1H/t12-,13+;;/m0../s1. The van der Waals surface area contributed by atoms with Crippen molar-refractivity contribution in [3.63, 3.8) is 0 Å². The minimum atomic E-state index is -4.25. The predicted molar refractivity (Wildman–Crippen MR) is 142 cm³/mol. The van der Waals surface area contributed by atoms with Crippen molar-refractivity contribution < 1.29 is 23.0 Å². The SMILES string of the molecule is Cc1[nH]c(=O)ccc1S(=O)(=O)Nc1ccncn1.Cc1c([C@H]2CCC[C@@H](N(C)C)C2)cccc1C(F)(F)F.[HH]. The molecule has 0 aliphatic heterocycles. The van der Waals surface area contributed by atoms with E-state index in [1.165, 1.54) is 37.6 Å². The summed E-state index contributed by atoms with van der Waals surface area (Å²) in [5, 5.41) is 0. The Morgan fingerprint density at radius 1 is 1.11 bits per heavy atom. The summed E-state index contributed by atoms with van der Waals surface area (Å²) < 4.78 is 65.4. The van der Waals surface area contributed by atoms with Gasteiger partial charge in [-0.1, -0.05) is 18.6 Å². The zero-order chi connectivity index (χ0) is 28.1. The van der Waals surface area contributed by atoms with Gasteiger partial charge in [-0.25, -0.2) is 18.4 Å². The predicted octanol–water partition coefficient (Wildman–Crippen LogP) is 5.12. The van der Waals surface area contributed by atoms with Crippen LogP contribution in [-0.4, -0.2) is 48.4 Å². The van der Waals surface area contributed by atoms with E-state index in [4.69, 9.17) is 0 Å². The summed E-state index contributed by atoms with van der Waals surface area (Å²) in [4.78, 5) is 23.1. The van der Waals surface area contributed by atoms with Crippen LogP contribution < -0.4 is 10.3 Å². The van der Waals surface area contributed by atoms with Crippen LogP contribution in [0.1, 0.15) is 55.4 Å². The molecule has 38 heavy (non-hydrogen) atoms. The Kier molecular flexibility index (Phi) is 9.31. The lowest BCUT2D eigenvalue weighted by molar-refractivity contribution is -0.138. The van der Waals surface area contributed by atoms with E-state index in [2.05, 4.69) is 24.6 Å². The molecule has 4 rings (SSSR count). The third-order valence-electron chi connectivity index (χ3n) is 6.67. The molecule has 2 N–H and O–H groups in total. The van der Waals surface area contributed by atoms with E-state index in [1.807, 2.05) is 20.2 Å². The van der Waals surface area contributed by atoms with Crippen molar-refractivity contribution in [2.24, 2.45) is 0 Å². The molecule has 2 heterocycles. The Morgan fingerprint density at radius 3 is 2.45 bits per heavy atom. The van der Waals surface area contributed by atoms with Gasteiger partial charge in [0.05, 0.1) is 5.56 Å². The number of benzene rings is 1. The van der Waals surface area contributed by atoms with Crippen LogP contribution >= 0.6 is 0 Å². The van der Waals surface area contributed by atoms with Crippen LogP contribution in [0.25, 0.3) is 0 Å². The molecule has 1 aliphatic rings. The second-order valence-corrected chi connectivity index (χ2v) is 11.2. The summed E-state index contributed by atoms with van der Waals surface area (Å²) >= 11 is 0. The lowest BCUT2D eigenvalue weighted by Gasteiger charge is -2.34. The average Bonchev–Trinajstić information content (AvgIpc) is 2.84. The smallest absolute Gasteiger partial charge is 0.325 e. The first-order valence-electron chi connectivity index (χ1n) is 12.1. The Hall–Kier alpha value is -3.25. The molecule has 0 saturated heterocycles. The molecule has 0 radical (unpaired) electrons. The molecule has 0 unspecified atom stereocenters. The van der Waals surface area contributed by atoms with Crippen LogP contribution in [0, 0.1) is 13.8 Å². The molecule has 0 spiro atoms. The number of halogens is 3. The van der Waals surface area contributed by atoms with Gasteiger partial charge in [0.15, 0.2) is 0 Å². The molecule has 0 bridgehead atoms. The first-order valence-corrected chi connectivity index (χ1v) is 13.6. The fourth-order valence-corrected chi connectivity index (χ4v) is 5.92. The molecule has 1 aliphatic carbocycles. The number of pyridine rings is 1. The number of aromatic amines is 1. The van der Waals surface area contributed by atoms with Gasteiger partial charge < -0.3 is 9.88 Å². The lowest BCUT2D eigenvalue weighted by Crippen LogP contribution is -2.32. The van der Waals surface area contributed by atoms with Gasteiger partial charge in [0.2, 0.25) is 5.56 Å². The quantitative estimate of drug-likeness (QED) is 0.454. The fourth-order valence-electron chi connectivity index (χ4n) is 4.72. The maximum absolute atomic E-state index is 13.0. The molecule has 208 valence electrons. The van der Waals surface area contributed by atoms with Crippen molar-refractivity contribution >= 4 is 15.8 Å². The third kappa shape index (κ3) is 7.41. The first kappa shape index (κ1) is 29.3. The van der Waals surface area contributed by atoms with Crippen molar-refractivity contribution in [3.8, 4) is 0 Å². The molecule has 2 atom stereocenters. The number of nitrogens with one attached hydrogen (secondary N) is 2. The van der Waals surface area contributed by atoms with Gasteiger partial charge in [0.25, 0.3) is 10.0 Å². The minimum absolute atomic E-state index is 0. The monoisotopic (exact) mass is 553 g/mol. The highest BCUT2D eigenvalue weighted by Crippen LogP contribution is 2.40. The Morgan fingerprint density at radius 2 is 1.84 bits per heavy atom. The summed E-state index contributed by atoms with van der Waals surface area (Å²) in [7, 11) is 0.324. The highest BCUT2D eigenvalue weighted by Gasteiger charge is 2.34. The van der Waals surface area contributed by atoms with Crippen molar-refractivity contribution in [2.75, 3.05) is 18.8 Å². The molecular formula is C26H34F3N5O3S. The van der Waals surface area contributed by atoms with E-state index in [-0.39, 0.29) is 29.3 Å². The molecular weight excluding hydrogens is 519 g/mol. The number of hydrogen-bond acceptors (Lipinski definition) is 6. The number of rotatable bonds is 5. The molecule has 1 aromatic carbocycles. The summed E-state index contributed by atoms with van der Waals surface area (Å²) in [6.07, 6.45) is 2.57. The van der Waals surface area contributed by atoms with Gasteiger partial charge in [-0.15, -0.1) is 0 Å². The Labute approximate surface area is 221 Å². The Bertz CT molecular complexity index is 1400. The molecule has 2 aromatic heterocycles. The largest absolute Gasteiger partial charge is 0.416 e. The number of aromatic nitrogens is 3. The second-order valence-electron chi connectivity index (χ2n) is 9.51. The van der Waals surface area contributed by atoms with E-state index in [1.54, 1.807) is 13.0 Å². The maximum Gasteiger partial charge on any atom is 0.416 e. The van der Waals surface area contributed by atoms with E-state index < -0.39 is 21.8 Å². The third-order valence-corrected chi connectivity index (χ3v) is 8.17. The maximum atomic E-state index is 13.0. The van der Waals surface area contributed by atoms with Crippen LogP contribution in [0.5, 0.6) is 0 Å². The van der Waals surface area contributed by atoms with Crippen molar-refractivity contribution in [2.45, 2.75) is 62.6 Å². The summed E-state index contributed by atoms with van der Waals surface area (Å²) in [5.74, 6) is 0.411. The van der Waals surface area contributed by atoms with Gasteiger partial charge >= 0.3 is 6.18 Å². The van der Waals surface area contributed by atoms with Crippen LogP contribution in [0.3, 0.4) is 0 Å². The molecule has 8 nitrogen and oxygen atoms in total. The van der Waals surface area contributed by atoms with E-state index >= 15 is 0 Å². The van der Waals surface area contributed by atoms with Crippen LogP contribution in [-0.2, 0) is 16.2 Å². The number of sulfonamides is 1. The zero-order valence-corrected chi connectivity index (χ0v) is 22.5. The highest BCUT2D eigenvalue weighted by atomic mass is 32.2. The minimum Gasteiger partial charge on any atom is -0.325 e. The van der Waals surface area contributed by atoms with Crippen molar-refractivity contribution in [3.05, 3.63) is 81.7 Å². The molecule has 12 heteroatoms. The first-order chi connectivity index (χ1) is 17.8. The molecule has 1 saturated carbocycles. The van der Waals surface area contributed by atoms with Gasteiger partial charge in [0.1, 0.15) is 17.0 Å². The van der Waals surface area contributed by atoms with E-state index in [0.717, 1.165) is 37.3 Å². The zero-order valence-electron chi connectivity index (χ0n) is 21.7. The normalized spacial score (nSPS) is 18.0. The molecule has 3 aromatic rings. The number of alkyl halides is 3. The number of hydrogen-bond donors (Lipinski definition) is 2. The molecule has 1 fully saturated rings. The number of aryl methyl sites for hydroxylation is 1. The van der Waals surface area contributed by atoms with Crippen molar-refractivity contribution in [1.29, 1.82) is 0 Å². The van der Waals surface area contributed by atoms with E-state index in [9.17, 15) is 26.4 Å². The Balaban J connectivity index is 0.000000268. The van der Waals surface area contributed by atoms with Crippen molar-refractivity contribution in [1.82, 2.24) is 19.9 Å².